The second kappa shape index (κ2) is 10.1. The molecule has 0 amide bonds. The fourth-order valence-corrected chi connectivity index (χ4v) is 5.96. The highest BCUT2D eigenvalue weighted by molar-refractivity contribution is 5.40. The summed E-state index contributed by atoms with van der Waals surface area (Å²) in [4.78, 5) is 0. The molecule has 4 N–H and O–H groups in total. The van der Waals surface area contributed by atoms with E-state index in [1.54, 1.807) is 0 Å². The summed E-state index contributed by atoms with van der Waals surface area (Å²) >= 11 is 0. The van der Waals surface area contributed by atoms with E-state index in [0.717, 1.165) is 11.4 Å². The zero-order valence-corrected chi connectivity index (χ0v) is 19.3. The van der Waals surface area contributed by atoms with Gasteiger partial charge in [-0.05, 0) is 97.6 Å². The van der Waals surface area contributed by atoms with Gasteiger partial charge in [0.2, 0.25) is 0 Å². The Morgan fingerprint density at radius 1 is 0.677 bits per heavy atom. The van der Waals surface area contributed by atoms with Crippen LogP contribution in [0.25, 0.3) is 0 Å². The molecular formula is C28H40N2O. The van der Waals surface area contributed by atoms with Gasteiger partial charge < -0.3 is 16.2 Å². The van der Waals surface area contributed by atoms with Gasteiger partial charge >= 0.3 is 0 Å². The van der Waals surface area contributed by atoms with Crippen LogP contribution in [0.15, 0.2) is 48.5 Å². The van der Waals surface area contributed by atoms with Crippen molar-refractivity contribution in [2.24, 2.45) is 11.8 Å². The van der Waals surface area contributed by atoms with Crippen molar-refractivity contribution in [3.63, 3.8) is 0 Å². The van der Waals surface area contributed by atoms with Gasteiger partial charge in [0.05, 0.1) is 12.2 Å². The first-order chi connectivity index (χ1) is 15.0. The molecule has 0 saturated heterocycles. The number of nitrogens with two attached hydrogens (primary N) is 2. The van der Waals surface area contributed by atoms with Crippen LogP contribution in [0.2, 0.25) is 0 Å². The summed E-state index contributed by atoms with van der Waals surface area (Å²) in [6, 6.07) is 16.9. The van der Waals surface area contributed by atoms with Gasteiger partial charge in [-0.1, -0.05) is 51.0 Å². The van der Waals surface area contributed by atoms with Gasteiger partial charge in [-0.15, -0.1) is 0 Å². The molecule has 3 heteroatoms. The van der Waals surface area contributed by atoms with E-state index in [0.29, 0.717) is 35.9 Å². The minimum Gasteiger partial charge on any atom is -0.399 e. The van der Waals surface area contributed by atoms with Gasteiger partial charge in [-0.3, -0.25) is 0 Å². The molecule has 6 atom stereocenters. The minimum atomic E-state index is 0.439. The minimum absolute atomic E-state index is 0.439. The van der Waals surface area contributed by atoms with E-state index in [-0.39, 0.29) is 0 Å². The Bertz CT molecular complexity index is 746. The predicted molar refractivity (Wildman–Crippen MR) is 131 cm³/mol. The number of nitrogen functional groups attached to an aromatic ring is 2. The Balaban J connectivity index is 1.33. The summed E-state index contributed by atoms with van der Waals surface area (Å²) in [6.07, 6.45) is 11.0. The molecule has 31 heavy (non-hydrogen) atoms. The summed E-state index contributed by atoms with van der Waals surface area (Å²) in [6.45, 7) is 4.71. The van der Waals surface area contributed by atoms with Crippen LogP contribution in [0, 0.1) is 11.8 Å². The van der Waals surface area contributed by atoms with E-state index in [1.807, 2.05) is 24.3 Å². The molecule has 0 aliphatic heterocycles. The van der Waals surface area contributed by atoms with Crippen LogP contribution in [0.4, 0.5) is 11.4 Å². The molecule has 2 aliphatic carbocycles. The summed E-state index contributed by atoms with van der Waals surface area (Å²) in [5.74, 6) is 2.48. The SMILES string of the molecule is C[C@H](CC1CCCC1OC1CCCC1C[C@@H](C)c1ccc(N)cc1)c1ccc(N)cc1. The predicted octanol–water partition coefficient (Wildman–Crippen LogP) is 6.89. The molecular weight excluding hydrogens is 380 g/mol. The highest BCUT2D eigenvalue weighted by Crippen LogP contribution is 2.41. The first-order valence-corrected chi connectivity index (χ1v) is 12.4. The third kappa shape index (κ3) is 5.63. The van der Waals surface area contributed by atoms with Crippen LogP contribution >= 0.6 is 0 Å². The number of ether oxygens (including phenoxy) is 1. The second-order valence-corrected chi connectivity index (χ2v) is 10.2. The van der Waals surface area contributed by atoms with Crippen LogP contribution in [0.5, 0.6) is 0 Å². The van der Waals surface area contributed by atoms with Gasteiger partial charge in [0.25, 0.3) is 0 Å². The Kier molecular flexibility index (Phi) is 7.22. The number of hydrogen-bond donors (Lipinski definition) is 2. The molecule has 0 bridgehead atoms. The standard InChI is InChI=1S/C28H40N2O/c1-19(21-9-13-25(29)14-10-21)17-23-5-3-7-27(23)31-28-8-4-6-24(28)18-20(2)22-11-15-26(30)16-12-22/h9-16,19-20,23-24,27-28H,3-8,17-18,29-30H2,1-2H3/t19-,20-,23?,24?,27?,28?/m1/s1. The third-order valence-electron chi connectivity index (χ3n) is 7.85. The average Bonchev–Trinajstić information content (AvgIpc) is 3.39. The maximum atomic E-state index is 6.87. The van der Waals surface area contributed by atoms with Crippen molar-refractivity contribution in [1.29, 1.82) is 0 Å². The van der Waals surface area contributed by atoms with Gasteiger partial charge in [0.1, 0.15) is 0 Å². The maximum Gasteiger partial charge on any atom is 0.0607 e. The van der Waals surface area contributed by atoms with Crippen molar-refractivity contribution in [2.75, 3.05) is 11.5 Å². The molecule has 0 spiro atoms. The van der Waals surface area contributed by atoms with E-state index in [2.05, 4.69) is 38.1 Å². The van der Waals surface area contributed by atoms with Crippen LogP contribution in [0.1, 0.15) is 88.2 Å². The van der Waals surface area contributed by atoms with E-state index in [9.17, 15) is 0 Å². The highest BCUT2D eigenvalue weighted by atomic mass is 16.5. The molecule has 4 rings (SSSR count). The van der Waals surface area contributed by atoms with Crippen molar-refractivity contribution in [3.8, 4) is 0 Å². The summed E-state index contributed by atoms with van der Waals surface area (Å²) in [7, 11) is 0. The lowest BCUT2D eigenvalue weighted by molar-refractivity contribution is -0.0523. The van der Waals surface area contributed by atoms with Crippen LogP contribution < -0.4 is 11.5 Å². The lowest BCUT2D eigenvalue weighted by atomic mass is 9.87. The van der Waals surface area contributed by atoms with E-state index >= 15 is 0 Å². The van der Waals surface area contributed by atoms with Crippen molar-refractivity contribution in [1.82, 2.24) is 0 Å². The van der Waals surface area contributed by atoms with Crippen LogP contribution in [-0.4, -0.2) is 12.2 Å². The average molecular weight is 421 g/mol. The molecule has 2 fully saturated rings. The quantitative estimate of drug-likeness (QED) is 0.457. The zero-order valence-electron chi connectivity index (χ0n) is 19.3. The molecule has 2 aromatic rings. The van der Waals surface area contributed by atoms with E-state index < -0.39 is 0 Å². The molecule has 3 nitrogen and oxygen atoms in total. The Hall–Kier alpha value is -2.00. The Labute approximate surface area is 188 Å². The van der Waals surface area contributed by atoms with Crippen molar-refractivity contribution in [3.05, 3.63) is 59.7 Å². The molecule has 2 saturated carbocycles. The lowest BCUT2D eigenvalue weighted by Gasteiger charge is -2.30. The lowest BCUT2D eigenvalue weighted by Crippen LogP contribution is -2.29. The fourth-order valence-electron chi connectivity index (χ4n) is 5.96. The van der Waals surface area contributed by atoms with E-state index in [1.165, 1.54) is 62.5 Å². The number of anilines is 2. The molecule has 0 heterocycles. The molecule has 0 aromatic heterocycles. The smallest absolute Gasteiger partial charge is 0.0607 e. The summed E-state index contributed by atoms with van der Waals surface area (Å²) in [5, 5.41) is 0. The summed E-state index contributed by atoms with van der Waals surface area (Å²) < 4.78 is 6.87. The van der Waals surface area contributed by atoms with Crippen molar-refractivity contribution < 1.29 is 4.74 Å². The zero-order chi connectivity index (χ0) is 21.8. The molecule has 2 aliphatic rings. The number of rotatable bonds is 8. The molecule has 168 valence electrons. The van der Waals surface area contributed by atoms with Gasteiger partial charge in [0, 0.05) is 11.4 Å². The van der Waals surface area contributed by atoms with Crippen molar-refractivity contribution >= 4 is 11.4 Å². The molecule has 4 unspecified atom stereocenters. The topological polar surface area (TPSA) is 61.3 Å². The van der Waals surface area contributed by atoms with Gasteiger partial charge in [0.15, 0.2) is 0 Å². The second-order valence-electron chi connectivity index (χ2n) is 10.2. The molecule has 2 aromatic carbocycles. The third-order valence-corrected chi connectivity index (χ3v) is 7.85. The van der Waals surface area contributed by atoms with Crippen LogP contribution in [-0.2, 0) is 4.74 Å². The van der Waals surface area contributed by atoms with E-state index in [4.69, 9.17) is 16.2 Å². The first-order valence-electron chi connectivity index (χ1n) is 12.4. The highest BCUT2D eigenvalue weighted by Gasteiger charge is 2.36. The number of hydrogen-bond acceptors (Lipinski definition) is 3. The maximum absolute atomic E-state index is 6.87. The Morgan fingerprint density at radius 2 is 1.06 bits per heavy atom. The first kappa shape index (κ1) is 22.2. The largest absolute Gasteiger partial charge is 0.399 e. The van der Waals surface area contributed by atoms with Crippen molar-refractivity contribution in [2.45, 2.75) is 89.3 Å². The Morgan fingerprint density at radius 3 is 1.45 bits per heavy atom. The van der Waals surface area contributed by atoms with Crippen LogP contribution in [0.3, 0.4) is 0 Å². The number of benzene rings is 2. The van der Waals surface area contributed by atoms with Gasteiger partial charge in [-0.2, -0.15) is 0 Å². The van der Waals surface area contributed by atoms with Gasteiger partial charge in [-0.25, -0.2) is 0 Å². The fraction of sp³-hybridized carbons (Fsp3) is 0.571. The monoisotopic (exact) mass is 420 g/mol. The molecule has 0 radical (unpaired) electrons. The normalized spacial score (nSPS) is 27.9. The summed E-state index contributed by atoms with van der Waals surface area (Å²) in [5.41, 5.74) is 16.2.